The van der Waals surface area contributed by atoms with Crippen LogP contribution >= 0.6 is 0 Å². The molecule has 2 heterocycles. The fourth-order valence-corrected chi connectivity index (χ4v) is 3.75. The summed E-state index contributed by atoms with van der Waals surface area (Å²) < 4.78 is 17.8. The van der Waals surface area contributed by atoms with Crippen molar-refractivity contribution in [2.75, 3.05) is 0 Å². The van der Waals surface area contributed by atoms with Gasteiger partial charge in [-0.2, -0.15) is 0 Å². The maximum absolute atomic E-state index is 12.9. The van der Waals surface area contributed by atoms with Gasteiger partial charge < -0.3 is 14.2 Å². The Kier molecular flexibility index (Phi) is 5.12. The topological polar surface area (TPSA) is 44.8 Å². The van der Waals surface area contributed by atoms with Crippen molar-refractivity contribution < 1.29 is 19.0 Å². The van der Waals surface area contributed by atoms with Crippen molar-refractivity contribution in [2.24, 2.45) is 0 Å². The Morgan fingerprint density at radius 3 is 2.66 bits per heavy atom. The summed E-state index contributed by atoms with van der Waals surface area (Å²) in [5.41, 5.74) is 4.52. The number of fused-ring (bicyclic) bond motifs is 2. The number of carbonyl (C=O) groups is 1. The van der Waals surface area contributed by atoms with Crippen LogP contribution in [0.5, 0.6) is 17.2 Å². The molecule has 0 amide bonds. The van der Waals surface area contributed by atoms with Gasteiger partial charge in [0.25, 0.3) is 0 Å². The van der Waals surface area contributed by atoms with Gasteiger partial charge in [0, 0.05) is 11.6 Å². The Morgan fingerprint density at radius 1 is 1.03 bits per heavy atom. The van der Waals surface area contributed by atoms with Crippen LogP contribution in [0, 0.1) is 0 Å². The number of hydrogen-bond acceptors (Lipinski definition) is 4. The monoisotopic (exact) mass is 422 g/mol. The number of carbonyl (C=O) groups excluding carboxylic acids is 1. The molecule has 0 radical (unpaired) electrons. The molecule has 3 aromatic rings. The van der Waals surface area contributed by atoms with Crippen LogP contribution < -0.4 is 14.2 Å². The third-order valence-corrected chi connectivity index (χ3v) is 5.57. The second-order valence-corrected chi connectivity index (χ2v) is 7.77. The van der Waals surface area contributed by atoms with E-state index in [1.807, 2.05) is 61.5 Å². The molecule has 3 aromatic carbocycles. The predicted molar refractivity (Wildman–Crippen MR) is 125 cm³/mol. The third-order valence-electron chi connectivity index (χ3n) is 5.57. The summed E-state index contributed by atoms with van der Waals surface area (Å²) in [4.78, 5) is 12.9. The van der Waals surface area contributed by atoms with Crippen LogP contribution in [0.4, 0.5) is 0 Å². The van der Waals surface area contributed by atoms with Crippen LogP contribution in [-0.2, 0) is 6.61 Å². The summed E-state index contributed by atoms with van der Waals surface area (Å²) in [5, 5.41) is 0. The number of benzene rings is 3. The second-order valence-electron chi connectivity index (χ2n) is 7.77. The Morgan fingerprint density at radius 2 is 1.84 bits per heavy atom. The number of rotatable bonds is 5. The SMILES string of the molecule is C=Cc1ccc(COc2ccc3c(c2)OC(=CC2=Cc4ccccc4O[C@H]2C)C3=O)cc1. The van der Waals surface area contributed by atoms with Gasteiger partial charge in [-0.05, 0) is 54.0 Å². The lowest BCUT2D eigenvalue weighted by Gasteiger charge is -2.22. The normalized spacial score (nSPS) is 17.7. The highest BCUT2D eigenvalue weighted by molar-refractivity contribution is 6.12. The quantitative estimate of drug-likeness (QED) is 0.457. The standard InChI is InChI=1S/C28H22O4/c1-3-19-8-10-20(11-9-19)17-30-23-12-13-24-26(16-23)32-27(28(24)29)15-22-14-21-6-4-5-7-25(21)31-18(22)2/h3-16,18H,1,17H2,2H3/t18-/m0/s1. The van der Waals surface area contributed by atoms with Crippen LogP contribution in [-0.4, -0.2) is 11.9 Å². The summed E-state index contributed by atoms with van der Waals surface area (Å²) in [6, 6.07) is 21.1. The van der Waals surface area contributed by atoms with Gasteiger partial charge in [-0.3, -0.25) is 4.79 Å². The Bertz CT molecular complexity index is 1260. The van der Waals surface area contributed by atoms with Gasteiger partial charge >= 0.3 is 0 Å². The van der Waals surface area contributed by atoms with Crippen molar-refractivity contribution in [1.29, 1.82) is 0 Å². The minimum absolute atomic E-state index is 0.140. The number of ether oxygens (including phenoxy) is 3. The number of Topliss-reactive ketones (excluding diaryl/α,β-unsaturated/α-hetero) is 1. The van der Waals surface area contributed by atoms with Crippen LogP contribution in [0.1, 0.15) is 34.0 Å². The van der Waals surface area contributed by atoms with E-state index in [4.69, 9.17) is 14.2 Å². The molecule has 0 bridgehead atoms. The zero-order valence-electron chi connectivity index (χ0n) is 17.7. The first-order valence-electron chi connectivity index (χ1n) is 10.5. The molecule has 158 valence electrons. The van der Waals surface area contributed by atoms with E-state index in [2.05, 4.69) is 6.58 Å². The van der Waals surface area contributed by atoms with Crippen molar-refractivity contribution in [2.45, 2.75) is 19.6 Å². The number of ketones is 1. The molecule has 4 heteroatoms. The smallest absolute Gasteiger partial charge is 0.231 e. The van der Waals surface area contributed by atoms with Gasteiger partial charge in [0.05, 0.1) is 5.56 Å². The second kappa shape index (κ2) is 8.23. The largest absolute Gasteiger partial charge is 0.489 e. The zero-order valence-corrected chi connectivity index (χ0v) is 17.7. The molecule has 0 aromatic heterocycles. The average molecular weight is 422 g/mol. The van der Waals surface area contributed by atoms with E-state index in [0.717, 1.165) is 28.0 Å². The van der Waals surface area contributed by atoms with Crippen molar-refractivity contribution >= 4 is 17.9 Å². The molecule has 0 unspecified atom stereocenters. The first-order chi connectivity index (χ1) is 15.6. The van der Waals surface area contributed by atoms with Gasteiger partial charge in [0.1, 0.15) is 30.0 Å². The van der Waals surface area contributed by atoms with Crippen molar-refractivity contribution in [1.82, 2.24) is 0 Å². The zero-order chi connectivity index (χ0) is 22.1. The summed E-state index contributed by atoms with van der Waals surface area (Å²) in [6.07, 6.45) is 5.43. The lowest BCUT2D eigenvalue weighted by molar-refractivity contribution is 0.101. The molecule has 0 fully saturated rings. The molecule has 0 saturated heterocycles. The maximum atomic E-state index is 12.9. The highest BCUT2D eigenvalue weighted by Crippen LogP contribution is 2.36. The van der Waals surface area contributed by atoms with E-state index >= 15 is 0 Å². The first kappa shape index (κ1) is 19.9. The maximum Gasteiger partial charge on any atom is 0.231 e. The van der Waals surface area contributed by atoms with Crippen LogP contribution in [0.15, 0.2) is 90.7 Å². The number of hydrogen-bond donors (Lipinski definition) is 0. The number of para-hydroxylation sites is 1. The first-order valence-corrected chi connectivity index (χ1v) is 10.5. The molecule has 2 aliphatic rings. The molecule has 5 rings (SSSR count). The minimum Gasteiger partial charge on any atom is -0.489 e. The molecular weight excluding hydrogens is 400 g/mol. The van der Waals surface area contributed by atoms with Crippen molar-refractivity contribution in [3.05, 3.63) is 113 Å². The molecule has 0 aliphatic carbocycles. The fourth-order valence-electron chi connectivity index (χ4n) is 3.75. The molecule has 32 heavy (non-hydrogen) atoms. The van der Waals surface area contributed by atoms with E-state index in [1.165, 1.54) is 0 Å². The third kappa shape index (κ3) is 3.83. The molecular formula is C28H22O4. The van der Waals surface area contributed by atoms with Gasteiger partial charge in [0.15, 0.2) is 5.76 Å². The Labute approximate surface area is 187 Å². The molecule has 0 saturated carbocycles. The molecule has 4 nitrogen and oxygen atoms in total. The van der Waals surface area contributed by atoms with E-state index in [0.29, 0.717) is 29.4 Å². The lowest BCUT2D eigenvalue weighted by Crippen LogP contribution is -2.18. The number of allylic oxidation sites excluding steroid dienone is 1. The highest BCUT2D eigenvalue weighted by Gasteiger charge is 2.29. The summed E-state index contributed by atoms with van der Waals surface area (Å²) in [5.74, 6) is 2.14. The summed E-state index contributed by atoms with van der Waals surface area (Å²) >= 11 is 0. The highest BCUT2D eigenvalue weighted by atomic mass is 16.5. The Hall–Kier alpha value is -4.05. The van der Waals surface area contributed by atoms with Crippen LogP contribution in [0.2, 0.25) is 0 Å². The molecule has 1 atom stereocenters. The summed E-state index contributed by atoms with van der Waals surface area (Å²) in [7, 11) is 0. The van der Waals surface area contributed by atoms with E-state index in [1.54, 1.807) is 30.4 Å². The van der Waals surface area contributed by atoms with E-state index < -0.39 is 0 Å². The van der Waals surface area contributed by atoms with E-state index in [9.17, 15) is 4.79 Å². The van der Waals surface area contributed by atoms with Crippen LogP contribution in [0.25, 0.3) is 12.2 Å². The molecule has 0 spiro atoms. The van der Waals surface area contributed by atoms with Crippen LogP contribution in [0.3, 0.4) is 0 Å². The minimum atomic E-state index is -0.177. The van der Waals surface area contributed by atoms with Gasteiger partial charge in [-0.1, -0.05) is 55.1 Å². The average Bonchev–Trinajstić information content (AvgIpc) is 3.13. The Balaban J connectivity index is 1.33. The van der Waals surface area contributed by atoms with Gasteiger partial charge in [-0.25, -0.2) is 0 Å². The molecule has 0 N–H and O–H groups in total. The predicted octanol–water partition coefficient (Wildman–Crippen LogP) is 6.23. The van der Waals surface area contributed by atoms with Gasteiger partial charge in [0.2, 0.25) is 5.78 Å². The van der Waals surface area contributed by atoms with Crippen molar-refractivity contribution in [3.63, 3.8) is 0 Å². The van der Waals surface area contributed by atoms with Gasteiger partial charge in [-0.15, -0.1) is 0 Å². The fraction of sp³-hybridized carbons (Fsp3) is 0.107. The van der Waals surface area contributed by atoms with Crippen molar-refractivity contribution in [3.8, 4) is 17.2 Å². The molecule has 2 aliphatic heterocycles. The summed E-state index contributed by atoms with van der Waals surface area (Å²) in [6.45, 7) is 6.14. The van der Waals surface area contributed by atoms with E-state index in [-0.39, 0.29) is 11.9 Å². The lowest BCUT2D eigenvalue weighted by atomic mass is 10.0.